The predicted octanol–water partition coefficient (Wildman–Crippen LogP) is 6.06. The fourth-order valence-electron chi connectivity index (χ4n) is 3.35. The lowest BCUT2D eigenvalue weighted by Gasteiger charge is -2.22. The van der Waals surface area contributed by atoms with Crippen LogP contribution in [0.3, 0.4) is 0 Å². The number of rotatable bonds is 11. The SMILES string of the molecule is CCCCCCCN(Cc1ccc(OC)cc1)c1ncc(-c2ccccc2)[nH]1. The van der Waals surface area contributed by atoms with Crippen LogP contribution in [0.2, 0.25) is 0 Å². The number of nitrogens with one attached hydrogen (secondary N) is 1. The molecule has 0 saturated carbocycles. The van der Waals surface area contributed by atoms with E-state index in [9.17, 15) is 0 Å². The number of anilines is 1. The minimum Gasteiger partial charge on any atom is -0.497 e. The van der Waals surface area contributed by atoms with Crippen LogP contribution < -0.4 is 9.64 Å². The van der Waals surface area contributed by atoms with E-state index in [0.29, 0.717) is 0 Å². The molecular formula is C24H31N3O. The maximum Gasteiger partial charge on any atom is 0.203 e. The minimum absolute atomic E-state index is 0.833. The van der Waals surface area contributed by atoms with Crippen molar-refractivity contribution in [3.8, 4) is 17.0 Å². The highest BCUT2D eigenvalue weighted by Gasteiger charge is 2.12. The lowest BCUT2D eigenvalue weighted by Crippen LogP contribution is -2.25. The second kappa shape index (κ2) is 10.5. The van der Waals surface area contributed by atoms with Gasteiger partial charge in [0.25, 0.3) is 0 Å². The van der Waals surface area contributed by atoms with Gasteiger partial charge in [0.15, 0.2) is 0 Å². The molecule has 2 aromatic carbocycles. The van der Waals surface area contributed by atoms with Crippen molar-refractivity contribution >= 4 is 5.95 Å². The Kier molecular flexibility index (Phi) is 7.53. The number of methoxy groups -OCH3 is 1. The van der Waals surface area contributed by atoms with Gasteiger partial charge < -0.3 is 14.6 Å². The molecule has 3 aromatic rings. The molecule has 0 unspecified atom stereocenters. The first-order valence-corrected chi connectivity index (χ1v) is 10.3. The molecule has 0 saturated heterocycles. The molecule has 1 heterocycles. The van der Waals surface area contributed by atoms with Crippen LogP contribution in [0, 0.1) is 0 Å². The Labute approximate surface area is 168 Å². The van der Waals surface area contributed by atoms with Crippen molar-refractivity contribution in [1.29, 1.82) is 0 Å². The first-order chi connectivity index (χ1) is 13.8. The van der Waals surface area contributed by atoms with E-state index in [1.807, 2.05) is 24.4 Å². The van der Waals surface area contributed by atoms with Crippen molar-refractivity contribution in [3.05, 3.63) is 66.4 Å². The average molecular weight is 378 g/mol. The van der Waals surface area contributed by atoms with Crippen molar-refractivity contribution < 1.29 is 4.74 Å². The molecular weight excluding hydrogens is 346 g/mol. The van der Waals surface area contributed by atoms with Gasteiger partial charge in [0.2, 0.25) is 5.95 Å². The third-order valence-electron chi connectivity index (χ3n) is 5.01. The van der Waals surface area contributed by atoms with E-state index in [1.165, 1.54) is 37.7 Å². The van der Waals surface area contributed by atoms with Crippen LogP contribution in [0.4, 0.5) is 5.95 Å². The highest BCUT2D eigenvalue weighted by atomic mass is 16.5. The minimum atomic E-state index is 0.833. The summed E-state index contributed by atoms with van der Waals surface area (Å²) >= 11 is 0. The van der Waals surface area contributed by atoms with Gasteiger partial charge in [-0.1, -0.05) is 75.1 Å². The Balaban J connectivity index is 1.72. The molecule has 0 aliphatic rings. The van der Waals surface area contributed by atoms with Crippen molar-refractivity contribution in [2.24, 2.45) is 0 Å². The maximum atomic E-state index is 5.28. The summed E-state index contributed by atoms with van der Waals surface area (Å²) in [6.07, 6.45) is 8.27. The summed E-state index contributed by atoms with van der Waals surface area (Å²) in [5, 5.41) is 0. The maximum absolute atomic E-state index is 5.28. The summed E-state index contributed by atoms with van der Waals surface area (Å²) in [5.41, 5.74) is 3.47. The molecule has 28 heavy (non-hydrogen) atoms. The largest absolute Gasteiger partial charge is 0.497 e. The van der Waals surface area contributed by atoms with Crippen LogP contribution in [0.5, 0.6) is 5.75 Å². The predicted molar refractivity (Wildman–Crippen MR) is 117 cm³/mol. The Hall–Kier alpha value is -2.75. The van der Waals surface area contributed by atoms with E-state index in [2.05, 4.69) is 58.2 Å². The summed E-state index contributed by atoms with van der Waals surface area (Å²) in [7, 11) is 1.70. The fraction of sp³-hybridized carbons (Fsp3) is 0.375. The van der Waals surface area contributed by atoms with Gasteiger partial charge in [0.1, 0.15) is 5.75 Å². The molecule has 0 spiro atoms. The van der Waals surface area contributed by atoms with Crippen LogP contribution in [-0.2, 0) is 6.54 Å². The molecule has 0 aliphatic carbocycles. The molecule has 0 aliphatic heterocycles. The van der Waals surface area contributed by atoms with Crippen LogP contribution in [-0.4, -0.2) is 23.6 Å². The number of nitrogens with zero attached hydrogens (tertiary/aromatic N) is 2. The van der Waals surface area contributed by atoms with Gasteiger partial charge in [-0.15, -0.1) is 0 Å². The molecule has 0 amide bonds. The molecule has 0 radical (unpaired) electrons. The lowest BCUT2D eigenvalue weighted by molar-refractivity contribution is 0.414. The number of aromatic nitrogens is 2. The van der Waals surface area contributed by atoms with Gasteiger partial charge in [0, 0.05) is 13.1 Å². The molecule has 0 atom stereocenters. The summed E-state index contributed by atoms with van der Waals surface area (Å²) in [6.45, 7) is 4.08. The number of imidazole rings is 1. The molecule has 4 nitrogen and oxygen atoms in total. The standard InChI is InChI=1S/C24H31N3O/c1-3-4-5-6-10-17-27(19-20-13-15-22(28-2)16-14-20)24-25-18-23(26-24)21-11-8-7-9-12-21/h7-9,11-16,18H,3-6,10,17,19H2,1-2H3,(H,25,26). The highest BCUT2D eigenvalue weighted by Crippen LogP contribution is 2.22. The zero-order chi connectivity index (χ0) is 19.6. The van der Waals surface area contributed by atoms with Crippen LogP contribution >= 0.6 is 0 Å². The number of hydrogen-bond donors (Lipinski definition) is 1. The van der Waals surface area contributed by atoms with E-state index < -0.39 is 0 Å². The van der Waals surface area contributed by atoms with Gasteiger partial charge in [0.05, 0.1) is 19.0 Å². The Morgan fingerprint density at radius 3 is 2.39 bits per heavy atom. The van der Waals surface area contributed by atoms with Gasteiger partial charge in [-0.25, -0.2) is 4.98 Å². The molecule has 148 valence electrons. The average Bonchev–Trinajstić information content (AvgIpc) is 3.24. The second-order valence-electron chi connectivity index (χ2n) is 7.17. The fourth-order valence-corrected chi connectivity index (χ4v) is 3.35. The normalized spacial score (nSPS) is 10.8. The summed E-state index contributed by atoms with van der Waals surface area (Å²) in [4.78, 5) is 10.5. The van der Waals surface area contributed by atoms with Gasteiger partial charge in [-0.3, -0.25) is 0 Å². The van der Waals surface area contributed by atoms with Gasteiger partial charge in [-0.05, 0) is 29.7 Å². The monoisotopic (exact) mass is 377 g/mol. The zero-order valence-electron chi connectivity index (χ0n) is 17.0. The third-order valence-corrected chi connectivity index (χ3v) is 5.01. The van der Waals surface area contributed by atoms with E-state index in [-0.39, 0.29) is 0 Å². The van der Waals surface area contributed by atoms with E-state index in [4.69, 9.17) is 4.74 Å². The smallest absolute Gasteiger partial charge is 0.203 e. The van der Waals surface area contributed by atoms with Crippen molar-refractivity contribution in [1.82, 2.24) is 9.97 Å². The quantitative estimate of drug-likeness (QED) is 0.413. The number of H-pyrrole nitrogens is 1. The Bertz CT molecular complexity index is 811. The second-order valence-corrected chi connectivity index (χ2v) is 7.17. The van der Waals surface area contributed by atoms with Crippen LogP contribution in [0.15, 0.2) is 60.8 Å². The highest BCUT2D eigenvalue weighted by molar-refractivity contribution is 5.60. The van der Waals surface area contributed by atoms with E-state index in [0.717, 1.165) is 36.0 Å². The zero-order valence-corrected chi connectivity index (χ0v) is 17.0. The summed E-state index contributed by atoms with van der Waals surface area (Å²) in [5.74, 6) is 1.82. The third kappa shape index (κ3) is 5.62. The first kappa shape index (κ1) is 20.0. The number of unbranched alkanes of at least 4 members (excludes halogenated alkanes) is 4. The number of benzene rings is 2. The lowest BCUT2D eigenvalue weighted by atomic mass is 10.1. The molecule has 1 aromatic heterocycles. The molecule has 4 heteroatoms. The van der Waals surface area contributed by atoms with Crippen LogP contribution in [0.25, 0.3) is 11.3 Å². The number of aromatic amines is 1. The summed E-state index contributed by atoms with van der Waals surface area (Å²) < 4.78 is 5.28. The first-order valence-electron chi connectivity index (χ1n) is 10.3. The molecule has 1 N–H and O–H groups in total. The van der Waals surface area contributed by atoms with E-state index >= 15 is 0 Å². The number of ether oxygens (including phenoxy) is 1. The van der Waals surface area contributed by atoms with Crippen molar-refractivity contribution in [2.45, 2.75) is 45.6 Å². The Morgan fingerprint density at radius 1 is 0.929 bits per heavy atom. The molecule has 0 bridgehead atoms. The van der Waals surface area contributed by atoms with Crippen molar-refractivity contribution in [3.63, 3.8) is 0 Å². The van der Waals surface area contributed by atoms with Crippen molar-refractivity contribution in [2.75, 3.05) is 18.6 Å². The molecule has 0 fully saturated rings. The number of hydrogen-bond acceptors (Lipinski definition) is 3. The molecule has 3 rings (SSSR count). The van der Waals surface area contributed by atoms with E-state index in [1.54, 1.807) is 7.11 Å². The Morgan fingerprint density at radius 2 is 1.68 bits per heavy atom. The summed E-state index contributed by atoms with van der Waals surface area (Å²) in [6, 6.07) is 18.7. The van der Waals surface area contributed by atoms with Gasteiger partial charge >= 0.3 is 0 Å². The topological polar surface area (TPSA) is 41.1 Å². The van der Waals surface area contributed by atoms with Crippen LogP contribution in [0.1, 0.15) is 44.6 Å². The van der Waals surface area contributed by atoms with Gasteiger partial charge in [-0.2, -0.15) is 0 Å².